The third-order valence-corrected chi connectivity index (χ3v) is 5.38. The van der Waals surface area contributed by atoms with E-state index in [4.69, 9.17) is 16.7 Å². The summed E-state index contributed by atoms with van der Waals surface area (Å²) in [5.41, 5.74) is 0.784. The molecule has 0 fully saturated rings. The highest BCUT2D eigenvalue weighted by atomic mass is 35.5. The van der Waals surface area contributed by atoms with E-state index in [0.717, 1.165) is 4.88 Å². The van der Waals surface area contributed by atoms with E-state index in [1.54, 1.807) is 32.2 Å². The summed E-state index contributed by atoms with van der Waals surface area (Å²) in [6.07, 6.45) is 0. The number of primary sulfonamides is 1. The lowest BCUT2D eigenvalue weighted by atomic mass is 10.1. The van der Waals surface area contributed by atoms with Gasteiger partial charge in [-0.25, -0.2) is 13.6 Å². The number of amides is 1. The maximum atomic E-state index is 12.4. The van der Waals surface area contributed by atoms with Crippen LogP contribution in [0.25, 0.3) is 0 Å². The third-order valence-electron chi connectivity index (χ3n) is 3.11. The van der Waals surface area contributed by atoms with E-state index in [9.17, 15) is 13.2 Å². The smallest absolute Gasteiger partial charge is 0.253 e. The zero-order chi connectivity index (χ0) is 16.5. The molecule has 0 saturated heterocycles. The van der Waals surface area contributed by atoms with Gasteiger partial charge in [0.25, 0.3) is 5.91 Å². The van der Waals surface area contributed by atoms with Gasteiger partial charge in [0.15, 0.2) is 0 Å². The minimum Gasteiger partial charge on any atom is -0.337 e. The van der Waals surface area contributed by atoms with Gasteiger partial charge in [-0.3, -0.25) is 4.79 Å². The Balaban J connectivity index is 2.25. The zero-order valence-electron chi connectivity index (χ0n) is 12.0. The van der Waals surface area contributed by atoms with Crippen LogP contribution in [0.15, 0.2) is 35.2 Å². The summed E-state index contributed by atoms with van der Waals surface area (Å²) in [4.78, 5) is 14.8. The van der Waals surface area contributed by atoms with Gasteiger partial charge in [-0.2, -0.15) is 0 Å². The minimum absolute atomic E-state index is 0.0362. The second kappa shape index (κ2) is 6.37. The van der Waals surface area contributed by atoms with E-state index < -0.39 is 10.0 Å². The molecule has 8 heteroatoms. The normalized spacial score (nSPS) is 11.5. The van der Waals surface area contributed by atoms with Crippen LogP contribution in [-0.2, 0) is 16.6 Å². The second-order valence-electron chi connectivity index (χ2n) is 4.89. The molecule has 0 aliphatic rings. The number of sulfonamides is 1. The van der Waals surface area contributed by atoms with E-state index in [1.807, 2.05) is 6.07 Å². The van der Waals surface area contributed by atoms with Crippen molar-refractivity contribution < 1.29 is 13.2 Å². The molecule has 0 aliphatic heterocycles. The number of carbonyl (C=O) groups is 1. The number of nitrogens with two attached hydrogens (primary N) is 1. The van der Waals surface area contributed by atoms with Crippen LogP contribution in [0.5, 0.6) is 0 Å². The Kier molecular flexibility index (Phi) is 4.91. The summed E-state index contributed by atoms with van der Waals surface area (Å²) in [5, 5.41) is 5.16. The molecule has 0 radical (unpaired) electrons. The Morgan fingerprint density at radius 3 is 2.55 bits per heavy atom. The highest BCUT2D eigenvalue weighted by molar-refractivity contribution is 7.89. The number of hydrogen-bond acceptors (Lipinski definition) is 4. The van der Waals surface area contributed by atoms with Crippen molar-refractivity contribution in [2.45, 2.75) is 18.4 Å². The third kappa shape index (κ3) is 3.86. The van der Waals surface area contributed by atoms with Crippen LogP contribution in [0, 0.1) is 6.92 Å². The molecule has 22 heavy (non-hydrogen) atoms. The average Bonchev–Trinajstić information content (AvgIpc) is 2.82. The number of halogens is 1. The van der Waals surface area contributed by atoms with E-state index >= 15 is 0 Å². The number of aryl methyl sites for hydroxylation is 1. The number of benzene rings is 1. The lowest BCUT2D eigenvalue weighted by Gasteiger charge is -2.17. The van der Waals surface area contributed by atoms with Gasteiger partial charge >= 0.3 is 0 Å². The van der Waals surface area contributed by atoms with Crippen molar-refractivity contribution in [3.05, 3.63) is 50.7 Å². The van der Waals surface area contributed by atoms with Crippen molar-refractivity contribution in [3.63, 3.8) is 0 Å². The van der Waals surface area contributed by atoms with Crippen molar-refractivity contribution in [2.24, 2.45) is 5.14 Å². The fourth-order valence-electron chi connectivity index (χ4n) is 2.00. The van der Waals surface area contributed by atoms with Crippen LogP contribution >= 0.6 is 22.9 Å². The molecular weight excluding hydrogens is 344 g/mol. The van der Waals surface area contributed by atoms with E-state index in [2.05, 4.69) is 0 Å². The molecule has 2 aromatic rings. The first-order chi connectivity index (χ1) is 10.2. The molecule has 0 bridgehead atoms. The second-order valence-corrected chi connectivity index (χ2v) is 8.22. The van der Waals surface area contributed by atoms with Crippen LogP contribution in [-0.4, -0.2) is 26.3 Å². The molecule has 0 saturated carbocycles. The molecule has 1 aromatic carbocycles. The monoisotopic (exact) mass is 358 g/mol. The average molecular weight is 359 g/mol. The van der Waals surface area contributed by atoms with Gasteiger partial charge in [0.1, 0.15) is 0 Å². The fourth-order valence-corrected chi connectivity index (χ4v) is 3.95. The molecule has 0 spiro atoms. The van der Waals surface area contributed by atoms with Gasteiger partial charge in [0.05, 0.1) is 15.8 Å². The summed E-state index contributed by atoms with van der Waals surface area (Å²) in [6.45, 7) is 2.03. The molecular formula is C14H15ClN2O3S2. The number of carbonyl (C=O) groups excluding carboxylic acids is 1. The molecule has 1 heterocycles. The van der Waals surface area contributed by atoms with Crippen LogP contribution < -0.4 is 5.14 Å². The molecule has 0 unspecified atom stereocenters. The largest absolute Gasteiger partial charge is 0.337 e. The van der Waals surface area contributed by atoms with Crippen molar-refractivity contribution in [1.29, 1.82) is 0 Å². The molecule has 0 atom stereocenters. The molecule has 5 nitrogen and oxygen atoms in total. The van der Waals surface area contributed by atoms with Crippen molar-refractivity contribution >= 4 is 38.9 Å². The summed E-state index contributed by atoms with van der Waals surface area (Å²) in [6, 6.07) is 8.09. The Morgan fingerprint density at radius 1 is 1.32 bits per heavy atom. The molecule has 0 aliphatic carbocycles. The molecule has 118 valence electrons. The number of hydrogen-bond donors (Lipinski definition) is 1. The summed E-state index contributed by atoms with van der Waals surface area (Å²) in [5.74, 6) is -0.283. The Bertz CT molecular complexity index is 815. The topological polar surface area (TPSA) is 80.5 Å². The van der Waals surface area contributed by atoms with Gasteiger partial charge in [-0.15, -0.1) is 11.3 Å². The van der Waals surface area contributed by atoms with Crippen molar-refractivity contribution in [1.82, 2.24) is 4.90 Å². The van der Waals surface area contributed by atoms with Gasteiger partial charge in [0, 0.05) is 17.5 Å². The first-order valence-electron chi connectivity index (χ1n) is 6.31. The van der Waals surface area contributed by atoms with Crippen LogP contribution in [0.3, 0.4) is 0 Å². The molecule has 1 aromatic heterocycles. The SMILES string of the molecule is Cc1ccc(C(=O)N(C)Cc2ccc(Cl)s2)cc1S(N)(=O)=O. The molecule has 1 amide bonds. The highest BCUT2D eigenvalue weighted by Gasteiger charge is 2.18. The predicted molar refractivity (Wildman–Crippen MR) is 87.7 cm³/mol. The van der Waals surface area contributed by atoms with Crippen molar-refractivity contribution in [2.75, 3.05) is 7.05 Å². The van der Waals surface area contributed by atoms with Crippen molar-refractivity contribution in [3.8, 4) is 0 Å². The first kappa shape index (κ1) is 17.0. The van der Waals surface area contributed by atoms with E-state index in [1.165, 1.54) is 22.3 Å². The van der Waals surface area contributed by atoms with E-state index in [0.29, 0.717) is 16.4 Å². The van der Waals surface area contributed by atoms with Gasteiger partial charge in [0.2, 0.25) is 10.0 Å². The van der Waals surface area contributed by atoms with Crippen LogP contribution in [0.4, 0.5) is 0 Å². The van der Waals surface area contributed by atoms with Crippen LogP contribution in [0.1, 0.15) is 20.8 Å². The first-order valence-corrected chi connectivity index (χ1v) is 9.05. The number of rotatable bonds is 4. The molecule has 2 N–H and O–H groups in total. The summed E-state index contributed by atoms with van der Waals surface area (Å²) < 4.78 is 23.7. The molecule has 2 rings (SSSR count). The van der Waals surface area contributed by atoms with Crippen LogP contribution in [0.2, 0.25) is 4.34 Å². The lowest BCUT2D eigenvalue weighted by molar-refractivity contribution is 0.0786. The number of thiophene rings is 1. The highest BCUT2D eigenvalue weighted by Crippen LogP contribution is 2.23. The summed E-state index contributed by atoms with van der Waals surface area (Å²) in [7, 11) is -2.21. The van der Waals surface area contributed by atoms with E-state index in [-0.39, 0.29) is 16.4 Å². The summed E-state index contributed by atoms with van der Waals surface area (Å²) >= 11 is 7.26. The maximum absolute atomic E-state index is 12.4. The number of nitrogens with zero attached hydrogens (tertiary/aromatic N) is 1. The van der Waals surface area contributed by atoms with Gasteiger partial charge in [-0.1, -0.05) is 17.7 Å². The quantitative estimate of drug-likeness (QED) is 0.912. The lowest BCUT2D eigenvalue weighted by Crippen LogP contribution is -2.26. The Hall–Kier alpha value is -1.41. The van der Waals surface area contributed by atoms with Gasteiger partial charge < -0.3 is 4.90 Å². The minimum atomic E-state index is -3.86. The fraction of sp³-hybridized carbons (Fsp3) is 0.214. The standard InChI is InChI=1S/C14H15ClN2O3S2/c1-9-3-4-10(7-12(9)22(16,19)20)14(18)17(2)8-11-5-6-13(15)21-11/h3-7H,8H2,1-2H3,(H2,16,19,20). The predicted octanol–water partition coefficient (Wildman–Crippen LogP) is 2.63. The Labute approximate surface area is 138 Å². The zero-order valence-corrected chi connectivity index (χ0v) is 14.4. The Morgan fingerprint density at radius 2 is 2.00 bits per heavy atom. The maximum Gasteiger partial charge on any atom is 0.253 e. The van der Waals surface area contributed by atoms with Gasteiger partial charge in [-0.05, 0) is 36.8 Å².